The van der Waals surface area contributed by atoms with E-state index in [4.69, 9.17) is 4.99 Å². The van der Waals surface area contributed by atoms with E-state index in [2.05, 4.69) is 54.9 Å². The van der Waals surface area contributed by atoms with E-state index in [-0.39, 0.29) is 5.41 Å². The number of aliphatic imine (C=N–C) groups is 1. The number of nitrogens with zero attached hydrogens (tertiary/aromatic N) is 1. The number of benzene rings is 1. The summed E-state index contributed by atoms with van der Waals surface area (Å²) in [4.78, 5) is 9.84. The molecule has 1 nitrogen and oxygen atoms in total. The molecule has 0 aromatic heterocycles. The van der Waals surface area contributed by atoms with E-state index in [0.29, 0.717) is 0 Å². The van der Waals surface area contributed by atoms with Crippen molar-refractivity contribution in [1.82, 2.24) is 0 Å². The first-order valence-electron chi connectivity index (χ1n) is 5.52. The second-order valence-electron chi connectivity index (χ2n) is 5.85. The number of fused-ring (bicyclic) bond motifs is 1. The zero-order valence-electron chi connectivity index (χ0n) is 10.3. The van der Waals surface area contributed by atoms with Crippen LogP contribution in [0.2, 0.25) is 9.88 Å². The summed E-state index contributed by atoms with van der Waals surface area (Å²) in [6, 6.07) is 8.69. The van der Waals surface area contributed by atoms with E-state index in [1.807, 2.05) is 0 Å². The Bertz CT molecular complexity index is 424. The van der Waals surface area contributed by atoms with Gasteiger partial charge in [-0.2, -0.15) is 0 Å². The van der Waals surface area contributed by atoms with Gasteiger partial charge in [-0.05, 0) is 0 Å². The van der Waals surface area contributed by atoms with Crippen LogP contribution in [0.25, 0.3) is 0 Å². The van der Waals surface area contributed by atoms with Crippen molar-refractivity contribution < 1.29 is 0 Å². The van der Waals surface area contributed by atoms with Gasteiger partial charge in [0.1, 0.15) is 0 Å². The minimum atomic E-state index is -2.27. The van der Waals surface area contributed by atoms with Crippen molar-refractivity contribution in [2.75, 3.05) is 0 Å². The van der Waals surface area contributed by atoms with Crippen LogP contribution in [0, 0.1) is 5.41 Å². The molecular weight excluding hydrogens is 289 g/mol. The van der Waals surface area contributed by atoms with Gasteiger partial charge < -0.3 is 0 Å². The van der Waals surface area contributed by atoms with Crippen LogP contribution in [0.15, 0.2) is 29.3 Å². The van der Waals surface area contributed by atoms with E-state index in [1.165, 1.54) is 9.41 Å². The van der Waals surface area contributed by atoms with Crippen LogP contribution in [0.5, 0.6) is 0 Å². The Morgan fingerprint density at radius 2 is 1.67 bits per heavy atom. The second kappa shape index (κ2) is 3.34. The van der Waals surface area contributed by atoms with Crippen molar-refractivity contribution in [3.63, 3.8) is 0 Å². The third-order valence-corrected chi connectivity index (χ3v) is 14.0. The molecule has 80 valence electrons. The molecule has 0 fully saturated rings. The molecule has 1 aromatic carbocycles. The summed E-state index contributed by atoms with van der Waals surface area (Å²) < 4.78 is 3.06. The van der Waals surface area contributed by atoms with Crippen LogP contribution in [0.3, 0.4) is 0 Å². The van der Waals surface area contributed by atoms with E-state index in [1.54, 1.807) is 3.58 Å². The van der Waals surface area contributed by atoms with Crippen LogP contribution < -0.4 is 3.58 Å². The topological polar surface area (TPSA) is 12.4 Å². The van der Waals surface area contributed by atoms with Crippen LogP contribution >= 0.6 is 0 Å². The normalized spacial score (nSPS) is 18.6. The summed E-state index contributed by atoms with van der Waals surface area (Å²) in [7, 11) is 0. The molecule has 0 saturated carbocycles. The molecule has 1 heterocycles. The molecular formula is C13H19NSn. The third-order valence-electron chi connectivity index (χ3n) is 3.11. The molecule has 0 radical (unpaired) electrons. The average molecular weight is 308 g/mol. The predicted octanol–water partition coefficient (Wildman–Crippen LogP) is 3.27. The van der Waals surface area contributed by atoms with Gasteiger partial charge in [-0.3, -0.25) is 0 Å². The minimum absolute atomic E-state index is 0.235. The van der Waals surface area contributed by atoms with Crippen molar-refractivity contribution in [3.8, 4) is 0 Å². The van der Waals surface area contributed by atoms with Gasteiger partial charge in [-0.15, -0.1) is 0 Å². The number of hydrogen-bond acceptors (Lipinski definition) is 1. The molecule has 1 aliphatic rings. The molecule has 0 aliphatic carbocycles. The van der Waals surface area contributed by atoms with Gasteiger partial charge in [0.25, 0.3) is 0 Å². The summed E-state index contributed by atoms with van der Waals surface area (Å²) in [5.41, 5.74) is 1.47. The Morgan fingerprint density at radius 3 is 2.20 bits per heavy atom. The first-order chi connectivity index (χ1) is 6.83. The van der Waals surface area contributed by atoms with Gasteiger partial charge in [-0.25, -0.2) is 0 Å². The maximum absolute atomic E-state index is 4.89. The third kappa shape index (κ3) is 1.75. The summed E-state index contributed by atoms with van der Waals surface area (Å²) >= 11 is -2.27. The quantitative estimate of drug-likeness (QED) is 0.652. The summed E-state index contributed by atoms with van der Waals surface area (Å²) in [6.07, 6.45) is 0. The monoisotopic (exact) mass is 309 g/mol. The van der Waals surface area contributed by atoms with Crippen molar-refractivity contribution in [2.24, 2.45) is 10.4 Å². The first-order valence-corrected chi connectivity index (χ1v) is 14.1. The number of para-hydroxylation sites is 1. The summed E-state index contributed by atoms with van der Waals surface area (Å²) in [6.45, 7) is 6.86. The van der Waals surface area contributed by atoms with Gasteiger partial charge in [-0.1, -0.05) is 0 Å². The maximum atomic E-state index is 4.89. The molecule has 1 aliphatic heterocycles. The Kier molecular flexibility index (Phi) is 2.49. The molecule has 0 amide bonds. The van der Waals surface area contributed by atoms with Crippen LogP contribution in [0.1, 0.15) is 20.8 Å². The number of rotatable bonds is 0. The van der Waals surface area contributed by atoms with Gasteiger partial charge in [0.15, 0.2) is 0 Å². The van der Waals surface area contributed by atoms with Crippen molar-refractivity contribution in [3.05, 3.63) is 24.3 Å². The van der Waals surface area contributed by atoms with Crippen LogP contribution in [-0.4, -0.2) is 22.1 Å². The summed E-state index contributed by atoms with van der Waals surface area (Å²) in [5.74, 6) is 0. The van der Waals surface area contributed by atoms with E-state index >= 15 is 0 Å². The zero-order valence-corrected chi connectivity index (χ0v) is 13.1. The molecule has 2 rings (SSSR count). The molecule has 0 atom stereocenters. The average Bonchev–Trinajstić information content (AvgIpc) is 2.39. The molecule has 0 bridgehead atoms. The van der Waals surface area contributed by atoms with Crippen molar-refractivity contribution >= 4 is 31.4 Å². The fourth-order valence-electron chi connectivity index (χ4n) is 2.59. The van der Waals surface area contributed by atoms with Gasteiger partial charge >= 0.3 is 96.7 Å². The van der Waals surface area contributed by atoms with Gasteiger partial charge in [0.05, 0.1) is 0 Å². The molecule has 1 aromatic rings. The standard InChI is InChI=1S/C11H13N.2CH3.Sn/c1-11(2,3)9-12-10-7-5-4-6-8-10;;;/h4-7H,1-3H3;2*1H3;. The Morgan fingerprint density at radius 1 is 1.07 bits per heavy atom. The van der Waals surface area contributed by atoms with Crippen molar-refractivity contribution in [1.29, 1.82) is 0 Å². The molecule has 15 heavy (non-hydrogen) atoms. The molecule has 0 spiro atoms. The molecule has 0 unspecified atom stereocenters. The molecule has 2 heteroatoms. The van der Waals surface area contributed by atoms with E-state index in [0.717, 1.165) is 0 Å². The first kappa shape index (κ1) is 11.2. The van der Waals surface area contributed by atoms with Crippen LogP contribution in [-0.2, 0) is 0 Å². The fourth-order valence-corrected chi connectivity index (χ4v) is 13.5. The van der Waals surface area contributed by atoms with Crippen molar-refractivity contribution in [2.45, 2.75) is 30.7 Å². The van der Waals surface area contributed by atoms with Gasteiger partial charge in [0.2, 0.25) is 0 Å². The fraction of sp³-hybridized carbons (Fsp3) is 0.462. The molecule has 0 N–H and O–H groups in total. The Hall–Kier alpha value is -0.311. The predicted molar refractivity (Wildman–Crippen MR) is 70.1 cm³/mol. The molecule has 0 saturated heterocycles. The number of hydrogen-bond donors (Lipinski definition) is 0. The Labute approximate surface area is 96.5 Å². The van der Waals surface area contributed by atoms with Crippen LogP contribution in [0.4, 0.5) is 5.69 Å². The zero-order chi connectivity index (χ0) is 11.3. The summed E-state index contributed by atoms with van der Waals surface area (Å²) in [5, 5.41) is 0. The second-order valence-corrected chi connectivity index (χ2v) is 18.0. The SMILES string of the molecule is CC(C)(C)[C]1=Nc2cccc[c]2[Sn]1([CH3])[CH3]. The Balaban J connectivity index is 2.59. The van der Waals surface area contributed by atoms with Gasteiger partial charge in [0, 0.05) is 0 Å². The van der Waals surface area contributed by atoms with E-state index < -0.39 is 18.4 Å². The van der Waals surface area contributed by atoms with E-state index in [9.17, 15) is 0 Å².